The Kier molecular flexibility index (Phi) is 4.47. The fourth-order valence-corrected chi connectivity index (χ4v) is 2.54. The van der Waals surface area contributed by atoms with E-state index in [0.717, 1.165) is 16.6 Å². The number of halogens is 2. The molecule has 1 aromatic rings. The number of rotatable bonds is 4. The summed E-state index contributed by atoms with van der Waals surface area (Å²) in [5.74, 6) is 1.22. The van der Waals surface area contributed by atoms with Crippen LogP contribution >= 0.6 is 27.5 Å². The molecule has 4 heteroatoms. The molecule has 0 aliphatic heterocycles. The van der Waals surface area contributed by atoms with E-state index in [-0.39, 0.29) is 5.41 Å². The van der Waals surface area contributed by atoms with Crippen molar-refractivity contribution in [2.45, 2.75) is 34.1 Å². The molecule has 92 valence electrons. The van der Waals surface area contributed by atoms with Gasteiger partial charge >= 0.3 is 0 Å². The van der Waals surface area contributed by atoms with Crippen molar-refractivity contribution in [1.29, 1.82) is 0 Å². The second kappa shape index (κ2) is 5.09. The van der Waals surface area contributed by atoms with Crippen molar-refractivity contribution in [2.24, 2.45) is 18.4 Å². The van der Waals surface area contributed by atoms with Gasteiger partial charge in [-0.15, -0.1) is 11.6 Å². The lowest BCUT2D eigenvalue weighted by atomic mass is 9.77. The molecule has 0 fully saturated rings. The van der Waals surface area contributed by atoms with Crippen LogP contribution < -0.4 is 0 Å². The van der Waals surface area contributed by atoms with Crippen LogP contribution in [-0.4, -0.2) is 15.7 Å². The van der Waals surface area contributed by atoms with Crippen LogP contribution in [0.4, 0.5) is 0 Å². The lowest BCUT2D eigenvalue weighted by Gasteiger charge is -2.31. The maximum absolute atomic E-state index is 6.12. The van der Waals surface area contributed by atoms with Gasteiger partial charge < -0.3 is 0 Å². The Morgan fingerprint density at radius 3 is 2.38 bits per heavy atom. The second-order valence-electron chi connectivity index (χ2n) is 5.09. The van der Waals surface area contributed by atoms with Crippen LogP contribution in [0.2, 0.25) is 0 Å². The summed E-state index contributed by atoms with van der Waals surface area (Å²) in [6, 6.07) is 0. The summed E-state index contributed by atoms with van der Waals surface area (Å²) in [4.78, 5) is 0. The van der Waals surface area contributed by atoms with E-state index in [9.17, 15) is 0 Å². The minimum absolute atomic E-state index is 0.115. The Morgan fingerprint density at radius 1 is 1.50 bits per heavy atom. The molecule has 1 rings (SSSR count). The molecule has 0 aliphatic rings. The third kappa shape index (κ3) is 2.62. The topological polar surface area (TPSA) is 17.8 Å². The Balaban J connectivity index is 3.03. The summed E-state index contributed by atoms with van der Waals surface area (Å²) in [5, 5.41) is 4.42. The second-order valence-corrected chi connectivity index (χ2v) is 6.15. The molecule has 0 aliphatic carbocycles. The van der Waals surface area contributed by atoms with Gasteiger partial charge in [0.05, 0.1) is 15.9 Å². The maximum atomic E-state index is 6.12. The van der Waals surface area contributed by atoms with Gasteiger partial charge in [-0.2, -0.15) is 5.10 Å². The third-order valence-corrected chi connectivity index (χ3v) is 5.17. The number of nitrogens with zero attached hydrogens (tertiary/aromatic N) is 2. The van der Waals surface area contributed by atoms with Crippen molar-refractivity contribution >= 4 is 27.5 Å². The van der Waals surface area contributed by atoms with Crippen LogP contribution in [0.3, 0.4) is 0 Å². The minimum Gasteiger partial charge on any atom is -0.271 e. The lowest BCUT2D eigenvalue weighted by Crippen LogP contribution is -2.29. The highest BCUT2D eigenvalue weighted by Crippen LogP contribution is 2.35. The van der Waals surface area contributed by atoms with Gasteiger partial charge in [-0.25, -0.2) is 0 Å². The molecule has 16 heavy (non-hydrogen) atoms. The molecule has 1 atom stereocenters. The van der Waals surface area contributed by atoms with Gasteiger partial charge in [-0.05, 0) is 40.6 Å². The van der Waals surface area contributed by atoms with E-state index in [2.05, 4.69) is 41.8 Å². The zero-order chi connectivity index (χ0) is 12.5. The third-order valence-electron chi connectivity index (χ3n) is 3.53. The zero-order valence-electron chi connectivity index (χ0n) is 10.6. The summed E-state index contributed by atoms with van der Waals surface area (Å²) in [7, 11) is 1.99. The van der Waals surface area contributed by atoms with Crippen LogP contribution in [-0.2, 0) is 13.5 Å². The molecule has 0 amide bonds. The number of aromatic nitrogens is 2. The van der Waals surface area contributed by atoms with Crippen molar-refractivity contribution in [1.82, 2.24) is 9.78 Å². The van der Waals surface area contributed by atoms with Gasteiger partial charge in [0, 0.05) is 12.9 Å². The SMILES string of the molecule is Cc1nn(C)c(CC(C)(CCl)C(C)C)c1Br. The van der Waals surface area contributed by atoms with Crippen LogP contribution in [0.25, 0.3) is 0 Å². The molecule has 0 radical (unpaired) electrons. The fourth-order valence-electron chi connectivity index (χ4n) is 1.66. The Labute approximate surface area is 111 Å². The first kappa shape index (κ1) is 14.0. The van der Waals surface area contributed by atoms with Crippen molar-refractivity contribution in [3.63, 3.8) is 0 Å². The number of hydrogen-bond acceptors (Lipinski definition) is 1. The fraction of sp³-hybridized carbons (Fsp3) is 0.750. The first-order valence-corrected chi connectivity index (χ1v) is 6.88. The zero-order valence-corrected chi connectivity index (χ0v) is 13.0. The molecule has 2 nitrogen and oxygen atoms in total. The summed E-state index contributed by atoms with van der Waals surface area (Å²) in [6.45, 7) is 8.69. The molecular formula is C12H20BrClN2. The van der Waals surface area contributed by atoms with Crippen LogP contribution in [0, 0.1) is 18.3 Å². The summed E-state index contributed by atoms with van der Waals surface area (Å²) in [6.07, 6.45) is 0.950. The van der Waals surface area contributed by atoms with Gasteiger partial charge in [0.1, 0.15) is 0 Å². The molecule has 0 saturated carbocycles. The molecular weight excluding hydrogens is 288 g/mol. The van der Waals surface area contributed by atoms with Crippen LogP contribution in [0.15, 0.2) is 4.47 Å². The van der Waals surface area contributed by atoms with Crippen molar-refractivity contribution < 1.29 is 0 Å². The summed E-state index contributed by atoms with van der Waals surface area (Å²) < 4.78 is 3.07. The molecule has 0 bridgehead atoms. The van der Waals surface area contributed by atoms with Gasteiger partial charge in [0.2, 0.25) is 0 Å². The van der Waals surface area contributed by atoms with E-state index in [1.54, 1.807) is 0 Å². The predicted molar refractivity (Wildman–Crippen MR) is 73.0 cm³/mol. The first-order chi connectivity index (χ1) is 7.31. The van der Waals surface area contributed by atoms with E-state index < -0.39 is 0 Å². The summed E-state index contributed by atoms with van der Waals surface area (Å²) in [5.41, 5.74) is 2.39. The largest absolute Gasteiger partial charge is 0.271 e. The van der Waals surface area contributed by atoms with Crippen molar-refractivity contribution in [3.8, 4) is 0 Å². The minimum atomic E-state index is 0.115. The molecule has 0 spiro atoms. The molecule has 1 heterocycles. The van der Waals surface area contributed by atoms with Crippen LogP contribution in [0.1, 0.15) is 32.2 Å². The standard InChI is InChI=1S/C12H20BrClN2/c1-8(2)12(4,7-14)6-10-11(13)9(3)15-16(10)5/h8H,6-7H2,1-5H3. The van der Waals surface area contributed by atoms with Crippen LogP contribution in [0.5, 0.6) is 0 Å². The van der Waals surface area contributed by atoms with E-state index in [4.69, 9.17) is 11.6 Å². The summed E-state index contributed by atoms with van der Waals surface area (Å²) >= 11 is 9.73. The normalized spacial score (nSPS) is 15.5. The lowest BCUT2D eigenvalue weighted by molar-refractivity contribution is 0.247. The van der Waals surface area contributed by atoms with Gasteiger partial charge in [0.15, 0.2) is 0 Å². The quantitative estimate of drug-likeness (QED) is 0.771. The number of alkyl halides is 1. The van der Waals surface area contributed by atoms with E-state index in [1.165, 1.54) is 5.69 Å². The van der Waals surface area contributed by atoms with Gasteiger partial charge in [0.25, 0.3) is 0 Å². The van der Waals surface area contributed by atoms with Crippen molar-refractivity contribution in [2.75, 3.05) is 5.88 Å². The van der Waals surface area contributed by atoms with Gasteiger partial charge in [-0.1, -0.05) is 20.8 Å². The maximum Gasteiger partial charge on any atom is 0.0738 e. The number of hydrogen-bond donors (Lipinski definition) is 0. The van der Waals surface area contributed by atoms with Gasteiger partial charge in [-0.3, -0.25) is 4.68 Å². The molecule has 0 saturated heterocycles. The van der Waals surface area contributed by atoms with Crippen molar-refractivity contribution in [3.05, 3.63) is 15.9 Å². The van der Waals surface area contributed by atoms with E-state index >= 15 is 0 Å². The average molecular weight is 308 g/mol. The molecule has 1 unspecified atom stereocenters. The monoisotopic (exact) mass is 306 g/mol. The van der Waals surface area contributed by atoms with E-state index in [1.807, 2.05) is 18.7 Å². The molecule has 0 aromatic carbocycles. The first-order valence-electron chi connectivity index (χ1n) is 5.55. The Morgan fingerprint density at radius 2 is 2.06 bits per heavy atom. The Bertz CT molecular complexity index is 373. The molecule has 1 aromatic heterocycles. The predicted octanol–water partition coefficient (Wildman–Crippen LogP) is 3.93. The Hall–Kier alpha value is -0.0200. The average Bonchev–Trinajstić information content (AvgIpc) is 2.44. The molecule has 0 N–H and O–H groups in total. The highest BCUT2D eigenvalue weighted by atomic mass is 79.9. The smallest absolute Gasteiger partial charge is 0.0738 e. The highest BCUT2D eigenvalue weighted by molar-refractivity contribution is 9.10. The van der Waals surface area contributed by atoms with E-state index in [0.29, 0.717) is 11.8 Å². The highest BCUT2D eigenvalue weighted by Gasteiger charge is 2.30. The number of aryl methyl sites for hydroxylation is 2.